The highest BCUT2D eigenvalue weighted by Crippen LogP contribution is 2.25. The lowest BCUT2D eigenvalue weighted by atomic mass is 9.94. The van der Waals surface area contributed by atoms with E-state index in [2.05, 4.69) is 4.90 Å². The summed E-state index contributed by atoms with van der Waals surface area (Å²) < 4.78 is 0. The van der Waals surface area contributed by atoms with E-state index in [4.69, 9.17) is 11.6 Å². The van der Waals surface area contributed by atoms with E-state index in [9.17, 15) is 5.11 Å². The maximum absolute atomic E-state index is 10.3. The van der Waals surface area contributed by atoms with E-state index in [1.54, 1.807) is 0 Å². The zero-order valence-corrected chi connectivity index (χ0v) is 9.67. The van der Waals surface area contributed by atoms with Crippen molar-refractivity contribution >= 4 is 11.6 Å². The van der Waals surface area contributed by atoms with Crippen LogP contribution in [0.3, 0.4) is 0 Å². The number of benzene rings is 1. The maximum atomic E-state index is 10.3. The van der Waals surface area contributed by atoms with Gasteiger partial charge in [0.2, 0.25) is 0 Å². The molecule has 1 aliphatic heterocycles. The van der Waals surface area contributed by atoms with Gasteiger partial charge in [-0.1, -0.05) is 23.7 Å². The van der Waals surface area contributed by atoms with Gasteiger partial charge < -0.3 is 10.0 Å². The molecule has 0 bridgehead atoms. The normalized spacial score (nSPS) is 27.1. The van der Waals surface area contributed by atoms with Crippen LogP contribution in [-0.4, -0.2) is 35.7 Å². The van der Waals surface area contributed by atoms with E-state index in [0.717, 1.165) is 30.1 Å². The molecule has 1 unspecified atom stereocenters. The number of likely N-dealkylation sites (N-methyl/N-ethyl adjacent to an activating group) is 1. The average Bonchev–Trinajstić information content (AvgIpc) is 2.45. The third kappa shape index (κ3) is 2.71. The van der Waals surface area contributed by atoms with Crippen molar-refractivity contribution in [1.82, 2.24) is 4.90 Å². The Kier molecular flexibility index (Phi) is 3.01. The Labute approximate surface area is 95.5 Å². The van der Waals surface area contributed by atoms with E-state index >= 15 is 0 Å². The number of aliphatic hydroxyl groups is 1. The first-order valence-corrected chi connectivity index (χ1v) is 5.61. The molecule has 1 aromatic carbocycles. The summed E-state index contributed by atoms with van der Waals surface area (Å²) in [7, 11) is 2.04. The van der Waals surface area contributed by atoms with Crippen LogP contribution >= 0.6 is 11.6 Å². The predicted molar refractivity (Wildman–Crippen MR) is 62.2 cm³/mol. The molecule has 0 aliphatic carbocycles. The van der Waals surface area contributed by atoms with Gasteiger partial charge in [0, 0.05) is 24.5 Å². The second kappa shape index (κ2) is 4.12. The zero-order chi connectivity index (χ0) is 10.9. The van der Waals surface area contributed by atoms with Gasteiger partial charge in [-0.2, -0.15) is 0 Å². The van der Waals surface area contributed by atoms with Crippen LogP contribution in [0.5, 0.6) is 0 Å². The molecule has 0 saturated carbocycles. The first-order chi connectivity index (χ1) is 7.07. The fourth-order valence-corrected chi connectivity index (χ4v) is 2.44. The smallest absolute Gasteiger partial charge is 0.0826 e. The molecule has 1 saturated heterocycles. The third-order valence-electron chi connectivity index (χ3n) is 2.95. The number of rotatable bonds is 2. The van der Waals surface area contributed by atoms with Crippen LogP contribution in [0, 0.1) is 0 Å². The summed E-state index contributed by atoms with van der Waals surface area (Å²) in [5.74, 6) is 0. The van der Waals surface area contributed by atoms with Gasteiger partial charge in [-0.15, -0.1) is 0 Å². The fraction of sp³-hybridized carbons (Fsp3) is 0.500. The molecule has 0 amide bonds. The van der Waals surface area contributed by atoms with Crippen LogP contribution < -0.4 is 0 Å². The summed E-state index contributed by atoms with van der Waals surface area (Å²) in [6.07, 6.45) is 1.54. The summed E-state index contributed by atoms with van der Waals surface area (Å²) in [5, 5.41) is 11.1. The van der Waals surface area contributed by atoms with Gasteiger partial charge in [-0.3, -0.25) is 0 Å². The van der Waals surface area contributed by atoms with Crippen molar-refractivity contribution in [2.24, 2.45) is 0 Å². The molecule has 1 atom stereocenters. The van der Waals surface area contributed by atoms with Gasteiger partial charge in [0.15, 0.2) is 0 Å². The molecule has 1 aromatic rings. The molecule has 3 heteroatoms. The number of likely N-dealkylation sites (tertiary alicyclic amines) is 1. The van der Waals surface area contributed by atoms with Crippen molar-refractivity contribution in [1.29, 1.82) is 0 Å². The van der Waals surface area contributed by atoms with Crippen molar-refractivity contribution in [3.8, 4) is 0 Å². The summed E-state index contributed by atoms with van der Waals surface area (Å²) >= 11 is 5.91. The lowest BCUT2D eigenvalue weighted by molar-refractivity contribution is 0.0523. The minimum Gasteiger partial charge on any atom is -0.388 e. The summed E-state index contributed by atoms with van der Waals surface area (Å²) in [6.45, 7) is 1.72. The summed E-state index contributed by atoms with van der Waals surface area (Å²) in [4.78, 5) is 2.16. The molecular formula is C12H16ClNO. The molecule has 1 aliphatic rings. The summed E-state index contributed by atoms with van der Waals surface area (Å²) in [6, 6.07) is 7.73. The van der Waals surface area contributed by atoms with E-state index in [1.807, 2.05) is 31.3 Å². The van der Waals surface area contributed by atoms with Gasteiger partial charge >= 0.3 is 0 Å². The lowest BCUT2D eigenvalue weighted by Gasteiger charge is -2.22. The molecule has 0 aromatic heterocycles. The van der Waals surface area contributed by atoms with Crippen LogP contribution in [0.2, 0.25) is 5.02 Å². The van der Waals surface area contributed by atoms with Crippen molar-refractivity contribution < 1.29 is 5.11 Å². The van der Waals surface area contributed by atoms with E-state index in [1.165, 1.54) is 0 Å². The molecule has 1 N–H and O–H groups in total. The lowest BCUT2D eigenvalue weighted by Crippen LogP contribution is -2.34. The Hall–Kier alpha value is -0.570. The Bertz CT molecular complexity index is 355. The second-order valence-corrected chi connectivity index (χ2v) is 4.96. The highest BCUT2D eigenvalue weighted by Gasteiger charge is 2.34. The standard InChI is InChI=1S/C12H16ClNO/c1-14-6-5-12(15,9-14)8-10-3-2-4-11(13)7-10/h2-4,7,15H,5-6,8-9H2,1H3. The SMILES string of the molecule is CN1CCC(O)(Cc2cccc(Cl)c2)C1. The predicted octanol–water partition coefficient (Wildman–Crippen LogP) is 1.95. The molecule has 82 valence electrons. The van der Waals surface area contributed by atoms with Gasteiger partial charge in [0.1, 0.15) is 0 Å². The van der Waals surface area contributed by atoms with Crippen molar-refractivity contribution in [3.63, 3.8) is 0 Å². The molecule has 1 fully saturated rings. The number of β-amino-alcohol motifs (C(OH)–C–C–N with tert-alkyl or cyclic N) is 1. The number of hydrogen-bond acceptors (Lipinski definition) is 2. The number of hydrogen-bond donors (Lipinski definition) is 1. The summed E-state index contributed by atoms with van der Waals surface area (Å²) in [5.41, 5.74) is 0.541. The Morgan fingerprint density at radius 3 is 2.93 bits per heavy atom. The molecular weight excluding hydrogens is 210 g/mol. The second-order valence-electron chi connectivity index (χ2n) is 4.52. The first kappa shape index (κ1) is 10.9. The Balaban J connectivity index is 2.08. The highest BCUT2D eigenvalue weighted by atomic mass is 35.5. The van der Waals surface area contributed by atoms with Crippen LogP contribution in [0.25, 0.3) is 0 Å². The fourth-order valence-electron chi connectivity index (χ4n) is 2.23. The largest absolute Gasteiger partial charge is 0.388 e. The topological polar surface area (TPSA) is 23.5 Å². The van der Waals surface area contributed by atoms with Crippen molar-refractivity contribution in [2.75, 3.05) is 20.1 Å². The minimum absolute atomic E-state index is 0.570. The third-order valence-corrected chi connectivity index (χ3v) is 3.18. The minimum atomic E-state index is -0.570. The van der Waals surface area contributed by atoms with E-state index < -0.39 is 5.60 Å². The monoisotopic (exact) mass is 225 g/mol. The van der Waals surface area contributed by atoms with Crippen LogP contribution in [0.1, 0.15) is 12.0 Å². The van der Waals surface area contributed by atoms with Gasteiger partial charge in [-0.25, -0.2) is 0 Å². The van der Waals surface area contributed by atoms with Gasteiger partial charge in [0.05, 0.1) is 5.60 Å². The number of halogens is 1. The van der Waals surface area contributed by atoms with Crippen LogP contribution in [0.15, 0.2) is 24.3 Å². The first-order valence-electron chi connectivity index (χ1n) is 5.23. The zero-order valence-electron chi connectivity index (χ0n) is 8.91. The Morgan fingerprint density at radius 2 is 2.33 bits per heavy atom. The average molecular weight is 226 g/mol. The van der Waals surface area contributed by atoms with Gasteiger partial charge in [-0.05, 0) is 31.2 Å². The van der Waals surface area contributed by atoms with Crippen LogP contribution in [0.4, 0.5) is 0 Å². The quantitative estimate of drug-likeness (QED) is 0.832. The van der Waals surface area contributed by atoms with Gasteiger partial charge in [0.25, 0.3) is 0 Å². The molecule has 1 heterocycles. The molecule has 2 rings (SSSR count). The molecule has 2 nitrogen and oxygen atoms in total. The Morgan fingerprint density at radius 1 is 1.53 bits per heavy atom. The molecule has 15 heavy (non-hydrogen) atoms. The molecule has 0 spiro atoms. The van der Waals surface area contributed by atoms with E-state index in [0.29, 0.717) is 6.42 Å². The molecule has 0 radical (unpaired) electrons. The maximum Gasteiger partial charge on any atom is 0.0826 e. The van der Waals surface area contributed by atoms with E-state index in [-0.39, 0.29) is 0 Å². The van der Waals surface area contributed by atoms with Crippen molar-refractivity contribution in [2.45, 2.75) is 18.4 Å². The highest BCUT2D eigenvalue weighted by molar-refractivity contribution is 6.30. The van der Waals surface area contributed by atoms with Crippen LogP contribution in [-0.2, 0) is 6.42 Å². The van der Waals surface area contributed by atoms with Crippen molar-refractivity contribution in [3.05, 3.63) is 34.9 Å². The number of nitrogens with zero attached hydrogens (tertiary/aromatic N) is 1.